The number of amides is 2. The lowest BCUT2D eigenvalue weighted by Crippen LogP contribution is -2.35. The van der Waals surface area contributed by atoms with Crippen LogP contribution in [0.1, 0.15) is 49.4 Å². The fourth-order valence-corrected chi connectivity index (χ4v) is 3.89. The van der Waals surface area contributed by atoms with Gasteiger partial charge >= 0.3 is 16.4 Å². The van der Waals surface area contributed by atoms with Crippen molar-refractivity contribution in [1.82, 2.24) is 20.2 Å². The van der Waals surface area contributed by atoms with Crippen LogP contribution >= 0.6 is 0 Å². The zero-order valence-corrected chi connectivity index (χ0v) is 13.4. The molecule has 0 spiro atoms. The van der Waals surface area contributed by atoms with Gasteiger partial charge < -0.3 is 15.1 Å². The second kappa shape index (κ2) is 5.37. The van der Waals surface area contributed by atoms with E-state index in [4.69, 9.17) is 14.7 Å². The third-order valence-electron chi connectivity index (χ3n) is 4.76. The van der Waals surface area contributed by atoms with E-state index in [-0.39, 0.29) is 18.5 Å². The summed E-state index contributed by atoms with van der Waals surface area (Å²) in [7, 11) is -4.75. The molecule has 3 N–H and O–H groups in total. The molecule has 3 heterocycles. The molecule has 0 radical (unpaired) electrons. The van der Waals surface area contributed by atoms with Gasteiger partial charge in [0.15, 0.2) is 0 Å². The lowest BCUT2D eigenvalue weighted by Gasteiger charge is -2.29. The summed E-state index contributed by atoms with van der Waals surface area (Å²) in [6, 6.07) is -1.36. The first-order valence-corrected chi connectivity index (χ1v) is 9.04. The molecule has 2 atom stereocenters. The Hall–Kier alpha value is -1.76. The van der Waals surface area contributed by atoms with Gasteiger partial charge in [0, 0.05) is 18.5 Å². The van der Waals surface area contributed by atoms with Crippen molar-refractivity contribution in [2.75, 3.05) is 6.54 Å². The molecule has 1 aromatic heterocycles. The molecule has 1 saturated carbocycles. The third kappa shape index (κ3) is 2.64. The molecule has 2 saturated heterocycles. The molecule has 11 nitrogen and oxygen atoms in total. The van der Waals surface area contributed by atoms with E-state index in [1.54, 1.807) is 0 Å². The molecule has 2 unspecified atom stereocenters. The molecule has 3 aliphatic rings. The van der Waals surface area contributed by atoms with Crippen LogP contribution in [-0.4, -0.2) is 57.8 Å². The predicted molar refractivity (Wildman–Crippen MR) is 76.6 cm³/mol. The topological polar surface area (TPSA) is 152 Å². The SMILES string of the molecule is NC1CC(c2nnc(C3CCC4CN3C(=O)N4OS(=O)(=O)O)o2)C1. The molecule has 12 heteroatoms. The molecule has 1 aliphatic carbocycles. The van der Waals surface area contributed by atoms with Crippen LogP contribution < -0.4 is 5.73 Å². The molecule has 24 heavy (non-hydrogen) atoms. The minimum Gasteiger partial charge on any atom is -0.423 e. The first kappa shape index (κ1) is 15.7. The van der Waals surface area contributed by atoms with Crippen LogP contribution in [0.5, 0.6) is 0 Å². The number of aromatic nitrogens is 2. The van der Waals surface area contributed by atoms with E-state index >= 15 is 0 Å². The lowest BCUT2D eigenvalue weighted by molar-refractivity contribution is -0.0317. The van der Waals surface area contributed by atoms with Crippen LogP contribution in [0, 0.1) is 0 Å². The van der Waals surface area contributed by atoms with Gasteiger partial charge in [0.25, 0.3) is 0 Å². The monoisotopic (exact) mass is 359 g/mol. The summed E-state index contributed by atoms with van der Waals surface area (Å²) in [4.78, 5) is 13.8. The Kier molecular flexibility index (Phi) is 3.53. The summed E-state index contributed by atoms with van der Waals surface area (Å²) in [6.45, 7) is 0.269. The van der Waals surface area contributed by atoms with Crippen LogP contribution in [0.3, 0.4) is 0 Å². The van der Waals surface area contributed by atoms with E-state index in [0.29, 0.717) is 29.7 Å². The number of urea groups is 1. The predicted octanol–water partition coefficient (Wildman–Crippen LogP) is -0.0502. The van der Waals surface area contributed by atoms with Gasteiger partial charge in [-0.05, 0) is 25.7 Å². The van der Waals surface area contributed by atoms with E-state index < -0.39 is 28.5 Å². The average molecular weight is 359 g/mol. The van der Waals surface area contributed by atoms with Crippen molar-refractivity contribution in [3.8, 4) is 0 Å². The second-order valence-electron chi connectivity index (χ2n) is 6.42. The highest BCUT2D eigenvalue weighted by atomic mass is 32.3. The number of carbonyl (C=O) groups is 1. The van der Waals surface area contributed by atoms with Gasteiger partial charge in [-0.3, -0.25) is 4.55 Å². The Bertz CT molecular complexity index is 760. The molecule has 2 aliphatic heterocycles. The second-order valence-corrected chi connectivity index (χ2v) is 7.42. The molecule has 0 aromatic carbocycles. The Labute approximate surface area is 137 Å². The molecule has 2 amide bonds. The van der Waals surface area contributed by atoms with Gasteiger partial charge in [-0.1, -0.05) is 0 Å². The summed E-state index contributed by atoms with van der Waals surface area (Å²) < 4.78 is 40.7. The Balaban J connectivity index is 1.51. The van der Waals surface area contributed by atoms with Crippen molar-refractivity contribution in [3.05, 3.63) is 11.8 Å². The maximum atomic E-state index is 12.3. The lowest BCUT2D eigenvalue weighted by atomic mass is 9.81. The highest BCUT2D eigenvalue weighted by Crippen LogP contribution is 2.40. The summed E-state index contributed by atoms with van der Waals surface area (Å²) in [6.07, 6.45) is 2.63. The number of rotatable bonds is 4. The number of carbonyl (C=O) groups excluding carboxylic acids is 1. The Morgan fingerprint density at radius 1 is 1.25 bits per heavy atom. The van der Waals surface area contributed by atoms with E-state index in [2.05, 4.69) is 14.5 Å². The minimum atomic E-state index is -4.75. The Morgan fingerprint density at radius 3 is 2.62 bits per heavy atom. The first-order valence-electron chi connectivity index (χ1n) is 7.67. The summed E-state index contributed by atoms with van der Waals surface area (Å²) >= 11 is 0. The maximum Gasteiger partial charge on any atom is 0.418 e. The number of nitrogens with two attached hydrogens (primary N) is 1. The normalized spacial score (nSPS) is 33.0. The van der Waals surface area contributed by atoms with Crippen molar-refractivity contribution in [3.63, 3.8) is 0 Å². The number of hydrogen-bond donors (Lipinski definition) is 2. The van der Waals surface area contributed by atoms with Crippen molar-refractivity contribution >= 4 is 16.4 Å². The maximum absolute atomic E-state index is 12.3. The van der Waals surface area contributed by atoms with Gasteiger partial charge in [0.1, 0.15) is 6.04 Å². The first-order chi connectivity index (χ1) is 11.3. The molecular formula is C12H17N5O6S. The van der Waals surface area contributed by atoms with Gasteiger partial charge in [0.05, 0.1) is 6.04 Å². The number of hydrogen-bond acceptors (Lipinski definition) is 8. The molecule has 1 aromatic rings. The van der Waals surface area contributed by atoms with Crippen LogP contribution in [-0.2, 0) is 14.7 Å². The van der Waals surface area contributed by atoms with Crippen LogP contribution in [0.2, 0.25) is 0 Å². The fourth-order valence-electron chi connectivity index (χ4n) is 3.50. The molecule has 3 fully saturated rings. The van der Waals surface area contributed by atoms with Crippen molar-refractivity contribution in [1.29, 1.82) is 0 Å². The van der Waals surface area contributed by atoms with E-state index in [1.165, 1.54) is 4.90 Å². The zero-order chi connectivity index (χ0) is 17.1. The third-order valence-corrected chi connectivity index (χ3v) is 5.11. The highest BCUT2D eigenvalue weighted by Gasteiger charge is 2.49. The smallest absolute Gasteiger partial charge is 0.418 e. The Morgan fingerprint density at radius 2 is 1.96 bits per heavy atom. The summed E-state index contributed by atoms with van der Waals surface area (Å²) in [5, 5.41) is 8.78. The van der Waals surface area contributed by atoms with E-state index in [1.807, 2.05) is 0 Å². The van der Waals surface area contributed by atoms with Gasteiger partial charge in [-0.15, -0.1) is 14.5 Å². The quantitative estimate of drug-likeness (QED) is 0.704. The summed E-state index contributed by atoms with van der Waals surface area (Å²) in [5.74, 6) is 1.00. The van der Waals surface area contributed by atoms with Crippen LogP contribution in [0.15, 0.2) is 4.42 Å². The van der Waals surface area contributed by atoms with Gasteiger partial charge in [-0.25, -0.2) is 4.79 Å². The van der Waals surface area contributed by atoms with Crippen molar-refractivity contribution < 1.29 is 26.5 Å². The molecular weight excluding hydrogens is 342 g/mol. The number of fused-ring (bicyclic) bond motifs is 2. The minimum absolute atomic E-state index is 0.159. The average Bonchev–Trinajstić information content (AvgIpc) is 3.04. The van der Waals surface area contributed by atoms with Crippen molar-refractivity contribution in [2.24, 2.45) is 5.73 Å². The standard InChI is InChI=1S/C12H17N5O6S/c13-7-3-6(4-7)10-14-15-11(22-10)9-2-1-8-5-16(9)12(18)17(8)23-24(19,20)21/h6-9H,1-5,13H2,(H,19,20,21). The van der Waals surface area contributed by atoms with E-state index in [9.17, 15) is 13.2 Å². The van der Waals surface area contributed by atoms with Crippen LogP contribution in [0.25, 0.3) is 0 Å². The van der Waals surface area contributed by atoms with Gasteiger partial charge in [-0.2, -0.15) is 13.5 Å². The highest BCUT2D eigenvalue weighted by molar-refractivity contribution is 7.80. The van der Waals surface area contributed by atoms with E-state index in [0.717, 1.165) is 12.8 Å². The summed E-state index contributed by atoms with van der Waals surface area (Å²) in [5.41, 5.74) is 5.76. The zero-order valence-electron chi connectivity index (χ0n) is 12.6. The van der Waals surface area contributed by atoms with Crippen molar-refractivity contribution in [2.45, 2.75) is 49.7 Å². The number of nitrogens with zero attached hydrogens (tertiary/aromatic N) is 4. The van der Waals surface area contributed by atoms with Crippen LogP contribution in [0.4, 0.5) is 4.79 Å². The van der Waals surface area contributed by atoms with Gasteiger partial charge in [0.2, 0.25) is 11.8 Å². The number of piperidine rings is 1. The fraction of sp³-hybridized carbons (Fsp3) is 0.750. The largest absolute Gasteiger partial charge is 0.423 e. The molecule has 4 rings (SSSR count). The number of hydroxylamine groups is 2. The molecule has 2 bridgehead atoms. The molecule has 132 valence electrons.